The van der Waals surface area contributed by atoms with E-state index in [1.807, 2.05) is 36.4 Å². The highest BCUT2D eigenvalue weighted by Crippen LogP contribution is 2.36. The van der Waals surface area contributed by atoms with Crippen LogP contribution in [0.15, 0.2) is 72.8 Å². The summed E-state index contributed by atoms with van der Waals surface area (Å²) in [5.74, 6) is 0.555. The van der Waals surface area contributed by atoms with Crippen LogP contribution < -0.4 is 5.32 Å². The first-order valence-electron chi connectivity index (χ1n) is 9.16. The zero-order valence-electron chi connectivity index (χ0n) is 14.3. The number of benzene rings is 3. The van der Waals surface area contributed by atoms with Gasteiger partial charge < -0.3 is 5.32 Å². The third-order valence-electron chi connectivity index (χ3n) is 5.35. The highest BCUT2D eigenvalue weighted by Gasteiger charge is 2.28. The first-order chi connectivity index (χ1) is 12.3. The summed E-state index contributed by atoms with van der Waals surface area (Å²) in [6.45, 7) is 0. The third kappa shape index (κ3) is 3.30. The molecule has 0 saturated heterocycles. The molecule has 1 saturated carbocycles. The van der Waals surface area contributed by atoms with Gasteiger partial charge in [0.25, 0.3) is 5.91 Å². The summed E-state index contributed by atoms with van der Waals surface area (Å²) in [4.78, 5) is 13.1. The maximum absolute atomic E-state index is 13.1. The van der Waals surface area contributed by atoms with Crippen molar-refractivity contribution in [2.45, 2.75) is 31.7 Å². The van der Waals surface area contributed by atoms with E-state index >= 15 is 0 Å². The van der Waals surface area contributed by atoms with Crippen LogP contribution in [0.25, 0.3) is 10.8 Å². The second-order valence-electron chi connectivity index (χ2n) is 6.93. The summed E-state index contributed by atoms with van der Waals surface area (Å²) in [6.07, 6.45) is 4.90. The number of rotatable bonds is 4. The third-order valence-corrected chi connectivity index (χ3v) is 5.35. The maximum atomic E-state index is 13.1. The normalized spacial score (nSPS) is 16.0. The number of carbonyl (C=O) groups excluding carboxylic acids is 1. The molecule has 0 aromatic heterocycles. The predicted octanol–water partition coefficient (Wildman–Crippen LogP) is 5.50. The fraction of sp³-hybridized carbons (Fsp3) is 0.261. The molecular weight excluding hydrogens is 306 g/mol. The number of hydrogen-bond donors (Lipinski definition) is 1. The van der Waals surface area contributed by atoms with E-state index in [0.29, 0.717) is 5.92 Å². The first kappa shape index (κ1) is 15.9. The van der Waals surface area contributed by atoms with Gasteiger partial charge in [-0.05, 0) is 41.2 Å². The minimum absolute atomic E-state index is 0.0255. The van der Waals surface area contributed by atoms with E-state index < -0.39 is 0 Å². The molecule has 3 aromatic carbocycles. The molecule has 25 heavy (non-hydrogen) atoms. The van der Waals surface area contributed by atoms with Gasteiger partial charge in [-0.2, -0.15) is 0 Å². The molecule has 0 spiro atoms. The molecule has 1 fully saturated rings. The van der Waals surface area contributed by atoms with Crippen molar-refractivity contribution in [2.24, 2.45) is 5.92 Å². The second-order valence-corrected chi connectivity index (χ2v) is 6.93. The van der Waals surface area contributed by atoms with Gasteiger partial charge in [0.2, 0.25) is 0 Å². The van der Waals surface area contributed by atoms with Crippen molar-refractivity contribution in [2.75, 3.05) is 0 Å². The molecule has 1 aliphatic rings. The van der Waals surface area contributed by atoms with E-state index in [1.165, 1.54) is 31.2 Å². The van der Waals surface area contributed by atoms with Crippen molar-refractivity contribution in [3.8, 4) is 0 Å². The van der Waals surface area contributed by atoms with E-state index in [2.05, 4.69) is 41.7 Å². The summed E-state index contributed by atoms with van der Waals surface area (Å²) in [7, 11) is 0. The van der Waals surface area contributed by atoms with Crippen LogP contribution >= 0.6 is 0 Å². The summed E-state index contributed by atoms with van der Waals surface area (Å²) in [5, 5.41) is 5.46. The molecule has 4 rings (SSSR count). The van der Waals surface area contributed by atoms with Gasteiger partial charge >= 0.3 is 0 Å². The zero-order chi connectivity index (χ0) is 17.1. The fourth-order valence-corrected chi connectivity index (χ4v) is 4.07. The van der Waals surface area contributed by atoms with Crippen LogP contribution in [0.3, 0.4) is 0 Å². The second kappa shape index (κ2) is 7.10. The lowest BCUT2D eigenvalue weighted by Gasteiger charge is -2.25. The number of fused-ring (bicyclic) bond motifs is 1. The fourth-order valence-electron chi connectivity index (χ4n) is 4.07. The lowest BCUT2D eigenvalue weighted by molar-refractivity contribution is 0.0923. The van der Waals surface area contributed by atoms with E-state index in [9.17, 15) is 4.79 Å². The molecule has 1 N–H and O–H groups in total. The Hall–Kier alpha value is -2.61. The van der Waals surface area contributed by atoms with Crippen molar-refractivity contribution in [3.63, 3.8) is 0 Å². The summed E-state index contributed by atoms with van der Waals surface area (Å²) < 4.78 is 0. The molecule has 1 unspecified atom stereocenters. The average Bonchev–Trinajstić information content (AvgIpc) is 3.20. The van der Waals surface area contributed by atoms with Gasteiger partial charge in [0.1, 0.15) is 0 Å². The van der Waals surface area contributed by atoms with Gasteiger partial charge in [0.05, 0.1) is 6.04 Å². The number of hydrogen-bond acceptors (Lipinski definition) is 1. The van der Waals surface area contributed by atoms with Crippen molar-refractivity contribution in [3.05, 3.63) is 83.9 Å². The van der Waals surface area contributed by atoms with Crippen LogP contribution in [-0.4, -0.2) is 5.91 Å². The van der Waals surface area contributed by atoms with Crippen molar-refractivity contribution < 1.29 is 4.79 Å². The zero-order valence-corrected chi connectivity index (χ0v) is 14.3. The quantitative estimate of drug-likeness (QED) is 0.672. The van der Waals surface area contributed by atoms with Crippen LogP contribution in [0, 0.1) is 5.92 Å². The largest absolute Gasteiger partial charge is 0.345 e. The summed E-state index contributed by atoms with van der Waals surface area (Å²) in [5.41, 5.74) is 1.97. The van der Waals surface area contributed by atoms with Crippen LogP contribution in [0.2, 0.25) is 0 Å². The Morgan fingerprint density at radius 2 is 1.52 bits per heavy atom. The molecule has 1 aliphatic carbocycles. The van der Waals surface area contributed by atoms with Gasteiger partial charge in [-0.1, -0.05) is 79.6 Å². The molecule has 0 aliphatic heterocycles. The molecule has 2 nitrogen and oxygen atoms in total. The maximum Gasteiger partial charge on any atom is 0.252 e. The Bertz CT molecular complexity index is 860. The van der Waals surface area contributed by atoms with Crippen LogP contribution in [0.1, 0.15) is 47.6 Å². The molecule has 2 heteroatoms. The average molecular weight is 329 g/mol. The van der Waals surface area contributed by atoms with Crippen molar-refractivity contribution in [1.29, 1.82) is 0 Å². The molecule has 1 atom stereocenters. The standard InChI is InChI=1S/C23H23NO/c25-23(21-16-8-14-17-9-6-7-15-20(17)21)24-22(19-12-4-5-13-19)18-10-2-1-3-11-18/h1-3,6-11,14-16,19,22H,4-5,12-13H2,(H,24,25). The Morgan fingerprint density at radius 1 is 0.840 bits per heavy atom. The molecule has 126 valence electrons. The minimum atomic E-state index is 0.0255. The van der Waals surface area contributed by atoms with Gasteiger partial charge in [-0.25, -0.2) is 0 Å². The lowest BCUT2D eigenvalue weighted by atomic mass is 9.91. The molecule has 0 bridgehead atoms. The van der Waals surface area contributed by atoms with Gasteiger partial charge in [0.15, 0.2) is 0 Å². The molecular formula is C23H23NO. The van der Waals surface area contributed by atoms with Gasteiger partial charge in [-0.3, -0.25) is 4.79 Å². The Labute approximate surface area is 148 Å². The van der Waals surface area contributed by atoms with E-state index in [-0.39, 0.29) is 11.9 Å². The Morgan fingerprint density at radius 3 is 2.32 bits per heavy atom. The highest BCUT2D eigenvalue weighted by atomic mass is 16.1. The SMILES string of the molecule is O=C(NC(c1ccccc1)C1CCCC1)c1cccc2ccccc12. The molecule has 1 amide bonds. The Balaban J connectivity index is 1.66. The van der Waals surface area contributed by atoms with Crippen LogP contribution in [-0.2, 0) is 0 Å². The molecule has 3 aromatic rings. The van der Waals surface area contributed by atoms with Crippen molar-refractivity contribution in [1.82, 2.24) is 5.32 Å². The van der Waals surface area contributed by atoms with Crippen LogP contribution in [0.5, 0.6) is 0 Å². The minimum Gasteiger partial charge on any atom is -0.345 e. The number of carbonyl (C=O) groups is 1. The first-order valence-corrected chi connectivity index (χ1v) is 9.16. The molecule has 0 heterocycles. The number of nitrogens with one attached hydrogen (secondary N) is 1. The van der Waals surface area contributed by atoms with Crippen LogP contribution in [0.4, 0.5) is 0 Å². The van der Waals surface area contributed by atoms with Gasteiger partial charge in [-0.15, -0.1) is 0 Å². The van der Waals surface area contributed by atoms with E-state index in [4.69, 9.17) is 0 Å². The highest BCUT2D eigenvalue weighted by molar-refractivity contribution is 6.07. The smallest absolute Gasteiger partial charge is 0.252 e. The summed E-state index contributed by atoms with van der Waals surface area (Å²) in [6, 6.07) is 24.5. The lowest BCUT2D eigenvalue weighted by Crippen LogP contribution is -2.32. The summed E-state index contributed by atoms with van der Waals surface area (Å²) >= 11 is 0. The monoisotopic (exact) mass is 329 g/mol. The van der Waals surface area contributed by atoms with E-state index in [1.54, 1.807) is 0 Å². The van der Waals surface area contributed by atoms with Gasteiger partial charge in [0, 0.05) is 5.56 Å². The predicted molar refractivity (Wildman–Crippen MR) is 103 cm³/mol. The Kier molecular flexibility index (Phi) is 4.51. The number of amides is 1. The van der Waals surface area contributed by atoms with Crippen molar-refractivity contribution >= 4 is 16.7 Å². The van der Waals surface area contributed by atoms with E-state index in [0.717, 1.165) is 16.3 Å². The topological polar surface area (TPSA) is 29.1 Å². The molecule has 0 radical (unpaired) electrons.